The summed E-state index contributed by atoms with van der Waals surface area (Å²) in [5.74, 6) is -0.332. The lowest BCUT2D eigenvalue weighted by molar-refractivity contribution is -0.388. The third kappa shape index (κ3) is 2.44. The molecule has 0 N–H and O–H groups in total. The molecule has 0 aliphatic carbocycles. The molecular formula is C9H7ClF3NO2. The van der Waals surface area contributed by atoms with Crippen molar-refractivity contribution in [2.75, 3.05) is 0 Å². The molecular weight excluding hydrogens is 247 g/mol. The smallest absolute Gasteiger partial charge is 0.258 e. The van der Waals surface area contributed by atoms with Crippen molar-refractivity contribution in [3.05, 3.63) is 38.9 Å². The number of hydrogen-bond donors (Lipinski definition) is 0. The summed E-state index contributed by atoms with van der Waals surface area (Å²) in [6.45, 7) is 1.43. The number of nitro groups is 1. The van der Waals surface area contributed by atoms with Gasteiger partial charge in [0.1, 0.15) is 5.56 Å². The van der Waals surface area contributed by atoms with E-state index in [0.717, 1.165) is 6.07 Å². The first-order valence-electron chi connectivity index (χ1n) is 4.18. The summed E-state index contributed by atoms with van der Waals surface area (Å²) < 4.78 is 37.7. The van der Waals surface area contributed by atoms with Crippen molar-refractivity contribution in [2.24, 2.45) is 0 Å². The van der Waals surface area contributed by atoms with Crippen LogP contribution in [0.5, 0.6) is 0 Å². The van der Waals surface area contributed by atoms with E-state index >= 15 is 0 Å². The van der Waals surface area contributed by atoms with Gasteiger partial charge in [0.05, 0.1) is 10.8 Å². The van der Waals surface area contributed by atoms with E-state index in [1.54, 1.807) is 0 Å². The SMILES string of the molecule is Cc1cc(CCl)c([N+](=O)[O-])c(C(F)(F)F)c1. The Labute approximate surface area is 94.0 Å². The molecule has 0 bridgehead atoms. The predicted octanol–water partition coefficient (Wildman–Crippen LogP) is 3.66. The summed E-state index contributed by atoms with van der Waals surface area (Å²) in [6, 6.07) is 2.02. The largest absolute Gasteiger partial charge is 0.423 e. The third-order valence-corrected chi connectivity index (χ3v) is 2.25. The Balaban J connectivity index is 3.57. The van der Waals surface area contributed by atoms with Crippen LogP contribution in [0.4, 0.5) is 18.9 Å². The highest BCUT2D eigenvalue weighted by atomic mass is 35.5. The van der Waals surface area contributed by atoms with Crippen LogP contribution in [0, 0.1) is 17.0 Å². The highest BCUT2D eigenvalue weighted by Gasteiger charge is 2.39. The van der Waals surface area contributed by atoms with Crippen LogP contribution >= 0.6 is 11.6 Å². The van der Waals surface area contributed by atoms with Gasteiger partial charge in [0, 0.05) is 5.56 Å². The van der Waals surface area contributed by atoms with Crippen molar-refractivity contribution in [1.82, 2.24) is 0 Å². The third-order valence-electron chi connectivity index (χ3n) is 1.97. The van der Waals surface area contributed by atoms with E-state index in [0.29, 0.717) is 0 Å². The molecule has 0 saturated carbocycles. The summed E-state index contributed by atoms with van der Waals surface area (Å²) in [5, 5.41) is 10.6. The molecule has 0 atom stereocenters. The molecule has 7 heteroatoms. The van der Waals surface area contributed by atoms with Gasteiger partial charge in [-0.1, -0.05) is 0 Å². The van der Waals surface area contributed by atoms with E-state index in [1.807, 2.05) is 0 Å². The van der Waals surface area contributed by atoms with E-state index in [-0.39, 0.29) is 17.0 Å². The topological polar surface area (TPSA) is 43.1 Å². The maximum atomic E-state index is 12.6. The molecule has 88 valence electrons. The van der Waals surface area contributed by atoms with E-state index in [2.05, 4.69) is 0 Å². The van der Waals surface area contributed by atoms with Gasteiger partial charge in [-0.3, -0.25) is 10.1 Å². The van der Waals surface area contributed by atoms with Crippen LogP contribution in [0.1, 0.15) is 16.7 Å². The number of rotatable bonds is 2. The van der Waals surface area contributed by atoms with Crippen LogP contribution in [-0.4, -0.2) is 4.92 Å². The van der Waals surface area contributed by atoms with Crippen molar-refractivity contribution >= 4 is 17.3 Å². The normalized spacial score (nSPS) is 11.6. The lowest BCUT2D eigenvalue weighted by Crippen LogP contribution is -2.11. The summed E-state index contributed by atoms with van der Waals surface area (Å²) in [6.07, 6.45) is -4.75. The molecule has 0 saturated heterocycles. The molecule has 1 rings (SSSR count). The molecule has 0 aliphatic rings. The first-order valence-corrected chi connectivity index (χ1v) is 4.72. The number of halogens is 4. The molecule has 0 radical (unpaired) electrons. The maximum absolute atomic E-state index is 12.6. The number of hydrogen-bond acceptors (Lipinski definition) is 2. The lowest BCUT2D eigenvalue weighted by atomic mass is 10.0. The number of nitrogens with zero attached hydrogens (tertiary/aromatic N) is 1. The predicted molar refractivity (Wildman–Crippen MR) is 52.4 cm³/mol. The van der Waals surface area contributed by atoms with Gasteiger partial charge in [-0.2, -0.15) is 13.2 Å². The zero-order chi connectivity index (χ0) is 12.5. The van der Waals surface area contributed by atoms with Gasteiger partial charge >= 0.3 is 6.18 Å². The Morgan fingerprint density at radius 3 is 2.38 bits per heavy atom. The zero-order valence-corrected chi connectivity index (χ0v) is 8.89. The highest BCUT2D eigenvalue weighted by Crippen LogP contribution is 2.39. The van der Waals surface area contributed by atoms with E-state index in [9.17, 15) is 23.3 Å². The first-order chi connectivity index (χ1) is 7.27. The standard InChI is InChI=1S/C9H7ClF3NO2/c1-5-2-6(4-10)8(14(15)16)7(3-5)9(11,12)13/h2-3H,4H2,1H3. The van der Waals surface area contributed by atoms with Crippen LogP contribution in [0.2, 0.25) is 0 Å². The molecule has 0 fully saturated rings. The van der Waals surface area contributed by atoms with E-state index in [4.69, 9.17) is 11.6 Å². The van der Waals surface area contributed by atoms with Crippen LogP contribution in [0.15, 0.2) is 12.1 Å². The second-order valence-corrected chi connectivity index (χ2v) is 3.48. The van der Waals surface area contributed by atoms with Crippen LogP contribution < -0.4 is 0 Å². The van der Waals surface area contributed by atoms with Crippen LogP contribution in [0.3, 0.4) is 0 Å². The highest BCUT2D eigenvalue weighted by molar-refractivity contribution is 6.17. The molecule has 1 aromatic carbocycles. The molecule has 0 aliphatic heterocycles. The molecule has 0 amide bonds. The zero-order valence-electron chi connectivity index (χ0n) is 8.14. The Hall–Kier alpha value is -1.30. The number of alkyl halides is 4. The van der Waals surface area contributed by atoms with Crippen LogP contribution in [-0.2, 0) is 12.1 Å². The Morgan fingerprint density at radius 1 is 1.44 bits per heavy atom. The summed E-state index contributed by atoms with van der Waals surface area (Å²) in [7, 11) is 0. The second-order valence-electron chi connectivity index (χ2n) is 3.21. The van der Waals surface area contributed by atoms with Gasteiger partial charge in [0.2, 0.25) is 0 Å². The summed E-state index contributed by atoms with van der Waals surface area (Å²) >= 11 is 5.40. The molecule has 0 unspecified atom stereocenters. The number of benzene rings is 1. The van der Waals surface area contributed by atoms with E-state index in [1.165, 1.54) is 13.0 Å². The van der Waals surface area contributed by atoms with Crippen molar-refractivity contribution in [3.63, 3.8) is 0 Å². The van der Waals surface area contributed by atoms with Crippen molar-refractivity contribution < 1.29 is 18.1 Å². The molecule has 0 spiro atoms. The Kier molecular flexibility index (Phi) is 3.42. The Bertz CT molecular complexity index is 431. The fourth-order valence-electron chi connectivity index (χ4n) is 1.39. The minimum Gasteiger partial charge on any atom is -0.258 e. The fraction of sp³-hybridized carbons (Fsp3) is 0.333. The second kappa shape index (κ2) is 4.29. The minimum absolute atomic E-state index is 0.126. The van der Waals surface area contributed by atoms with Gasteiger partial charge in [-0.05, 0) is 24.6 Å². The number of nitro benzene ring substituents is 1. The molecule has 0 aromatic heterocycles. The quantitative estimate of drug-likeness (QED) is 0.459. The van der Waals surface area contributed by atoms with Gasteiger partial charge in [0.15, 0.2) is 0 Å². The maximum Gasteiger partial charge on any atom is 0.423 e. The molecule has 3 nitrogen and oxygen atoms in total. The average Bonchev–Trinajstić information content (AvgIpc) is 2.14. The fourth-order valence-corrected chi connectivity index (χ4v) is 1.59. The van der Waals surface area contributed by atoms with Crippen molar-refractivity contribution in [2.45, 2.75) is 19.0 Å². The monoisotopic (exact) mass is 253 g/mol. The minimum atomic E-state index is -4.75. The average molecular weight is 254 g/mol. The summed E-state index contributed by atoms with van der Waals surface area (Å²) in [4.78, 5) is 9.55. The van der Waals surface area contributed by atoms with Crippen molar-refractivity contribution in [3.8, 4) is 0 Å². The lowest BCUT2D eigenvalue weighted by Gasteiger charge is -2.10. The van der Waals surface area contributed by atoms with Gasteiger partial charge in [-0.25, -0.2) is 0 Å². The molecule has 16 heavy (non-hydrogen) atoms. The summed E-state index contributed by atoms with van der Waals surface area (Å²) in [5.41, 5.74) is -2.06. The van der Waals surface area contributed by atoms with Gasteiger partial charge in [0.25, 0.3) is 5.69 Å². The van der Waals surface area contributed by atoms with Crippen LogP contribution in [0.25, 0.3) is 0 Å². The van der Waals surface area contributed by atoms with E-state index < -0.39 is 22.4 Å². The van der Waals surface area contributed by atoms with Gasteiger partial charge in [-0.15, -0.1) is 11.6 Å². The molecule has 0 heterocycles. The van der Waals surface area contributed by atoms with Crippen molar-refractivity contribution in [1.29, 1.82) is 0 Å². The Morgan fingerprint density at radius 2 is 2.00 bits per heavy atom. The molecule has 1 aromatic rings. The first kappa shape index (κ1) is 12.8. The van der Waals surface area contributed by atoms with Gasteiger partial charge < -0.3 is 0 Å². The number of aryl methyl sites for hydroxylation is 1.